The molecule has 2 aliphatic rings. The number of carbonyl (C=O) groups is 2. The third kappa shape index (κ3) is 4.03. The molecule has 1 N–H and O–H groups in total. The zero-order valence-electron chi connectivity index (χ0n) is 18.9. The number of anilines is 2. The van der Waals surface area contributed by atoms with Crippen molar-refractivity contribution >= 4 is 33.2 Å². The predicted molar refractivity (Wildman–Crippen MR) is 127 cm³/mol. The summed E-state index contributed by atoms with van der Waals surface area (Å²) in [5, 5.41) is 2.86. The van der Waals surface area contributed by atoms with Crippen molar-refractivity contribution in [2.24, 2.45) is 7.05 Å². The minimum atomic E-state index is -3.62. The summed E-state index contributed by atoms with van der Waals surface area (Å²) in [5.74, 6) is -0.526. The van der Waals surface area contributed by atoms with Gasteiger partial charge in [0.15, 0.2) is 0 Å². The van der Waals surface area contributed by atoms with E-state index in [0.29, 0.717) is 37.3 Å². The molecule has 10 heteroatoms. The minimum Gasteiger partial charge on any atom is -0.472 e. The Kier molecular flexibility index (Phi) is 5.78. The Bertz CT molecular complexity index is 1340. The first-order valence-corrected chi connectivity index (χ1v) is 12.7. The number of furan rings is 1. The summed E-state index contributed by atoms with van der Waals surface area (Å²) >= 11 is 0. The number of aromatic nitrogens is 1. The van der Waals surface area contributed by atoms with Gasteiger partial charge in [0, 0.05) is 44.3 Å². The minimum absolute atomic E-state index is 0.129. The van der Waals surface area contributed by atoms with E-state index in [2.05, 4.69) is 5.32 Å². The zero-order chi connectivity index (χ0) is 23.9. The number of fused-ring (bicyclic) bond motifs is 1. The summed E-state index contributed by atoms with van der Waals surface area (Å²) in [4.78, 5) is 27.5. The average molecular weight is 483 g/mol. The first-order chi connectivity index (χ1) is 16.3. The summed E-state index contributed by atoms with van der Waals surface area (Å²) in [6.07, 6.45) is 7.78. The highest BCUT2D eigenvalue weighted by Gasteiger charge is 2.29. The molecule has 0 aliphatic carbocycles. The Morgan fingerprint density at radius 2 is 1.82 bits per heavy atom. The Morgan fingerprint density at radius 3 is 2.56 bits per heavy atom. The number of hydrogen-bond acceptors (Lipinski definition) is 5. The Labute approximate surface area is 198 Å². The standard InChI is InChI=1S/C24H26N4O5S/c1-26-15-20(34(31,32)27-9-3-2-4-10-27)14-22(26)23(29)25-19-5-6-21-17(13-19)7-11-28(21)24(30)18-8-12-33-16-18/h5-6,8,12-16H,2-4,7,9-11H2,1H3,(H,25,29). The molecule has 3 aromatic rings. The summed E-state index contributed by atoms with van der Waals surface area (Å²) in [6, 6.07) is 8.47. The average Bonchev–Trinajstić information content (AvgIpc) is 3.59. The molecule has 5 rings (SSSR count). The highest BCUT2D eigenvalue weighted by atomic mass is 32.2. The van der Waals surface area contributed by atoms with Gasteiger partial charge in [0.2, 0.25) is 10.0 Å². The summed E-state index contributed by atoms with van der Waals surface area (Å²) < 4.78 is 34.0. The highest BCUT2D eigenvalue weighted by molar-refractivity contribution is 7.89. The van der Waals surface area contributed by atoms with Crippen LogP contribution in [-0.2, 0) is 23.5 Å². The predicted octanol–water partition coefficient (Wildman–Crippen LogP) is 3.25. The van der Waals surface area contributed by atoms with Gasteiger partial charge in [-0.3, -0.25) is 9.59 Å². The van der Waals surface area contributed by atoms with E-state index in [9.17, 15) is 18.0 Å². The van der Waals surface area contributed by atoms with Crippen molar-refractivity contribution in [2.45, 2.75) is 30.6 Å². The number of hydrogen-bond donors (Lipinski definition) is 1. The fourth-order valence-corrected chi connectivity index (χ4v) is 6.17. The largest absolute Gasteiger partial charge is 0.472 e. The molecule has 0 radical (unpaired) electrons. The molecular weight excluding hydrogens is 456 g/mol. The van der Waals surface area contributed by atoms with Gasteiger partial charge in [-0.2, -0.15) is 4.31 Å². The molecule has 0 spiro atoms. The van der Waals surface area contributed by atoms with Crippen molar-refractivity contribution in [3.8, 4) is 0 Å². The van der Waals surface area contributed by atoms with Gasteiger partial charge in [0.25, 0.3) is 11.8 Å². The van der Waals surface area contributed by atoms with Gasteiger partial charge in [-0.25, -0.2) is 8.42 Å². The molecule has 1 aromatic carbocycles. The van der Waals surface area contributed by atoms with E-state index < -0.39 is 15.9 Å². The molecule has 1 saturated heterocycles. The number of piperidine rings is 1. The molecule has 4 heterocycles. The molecular formula is C24H26N4O5S. The number of sulfonamides is 1. The summed E-state index contributed by atoms with van der Waals surface area (Å²) in [7, 11) is -1.96. The molecule has 2 aliphatic heterocycles. The molecule has 2 amide bonds. The maximum atomic E-state index is 13.0. The fourth-order valence-electron chi connectivity index (χ4n) is 4.58. The Morgan fingerprint density at radius 1 is 1.03 bits per heavy atom. The second-order valence-corrected chi connectivity index (χ2v) is 10.6. The lowest BCUT2D eigenvalue weighted by molar-refractivity contribution is 0.0986. The molecule has 0 unspecified atom stereocenters. The van der Waals surface area contributed by atoms with E-state index in [0.717, 1.165) is 30.5 Å². The first-order valence-electron chi connectivity index (χ1n) is 11.3. The molecule has 178 valence electrons. The van der Waals surface area contributed by atoms with Crippen LogP contribution in [-0.4, -0.2) is 48.7 Å². The van der Waals surface area contributed by atoms with Gasteiger partial charge in [0.1, 0.15) is 16.9 Å². The van der Waals surface area contributed by atoms with Crippen LogP contribution < -0.4 is 10.2 Å². The Hall–Kier alpha value is -3.37. The van der Waals surface area contributed by atoms with Gasteiger partial charge >= 0.3 is 0 Å². The maximum Gasteiger partial charge on any atom is 0.272 e. The number of nitrogens with zero attached hydrogens (tertiary/aromatic N) is 3. The first kappa shape index (κ1) is 22.4. The van der Waals surface area contributed by atoms with Gasteiger partial charge in [-0.1, -0.05) is 6.42 Å². The molecule has 0 saturated carbocycles. The number of benzene rings is 1. The second kappa shape index (κ2) is 8.77. The van der Waals surface area contributed by atoms with Crippen LogP contribution in [0.1, 0.15) is 45.7 Å². The van der Waals surface area contributed by atoms with E-state index in [1.54, 1.807) is 24.1 Å². The molecule has 2 aromatic heterocycles. The summed E-state index contributed by atoms with van der Waals surface area (Å²) in [6.45, 7) is 1.56. The van der Waals surface area contributed by atoms with E-state index in [1.165, 1.54) is 33.7 Å². The lowest BCUT2D eigenvalue weighted by atomic mass is 10.1. The summed E-state index contributed by atoms with van der Waals surface area (Å²) in [5.41, 5.74) is 3.09. The zero-order valence-corrected chi connectivity index (χ0v) is 19.7. The topological polar surface area (TPSA) is 105 Å². The van der Waals surface area contributed by atoms with Crippen LogP contribution in [0, 0.1) is 0 Å². The molecule has 34 heavy (non-hydrogen) atoms. The monoisotopic (exact) mass is 482 g/mol. The number of carbonyl (C=O) groups excluding carboxylic acids is 2. The van der Waals surface area contributed by atoms with Gasteiger partial charge < -0.3 is 19.2 Å². The lowest BCUT2D eigenvalue weighted by Crippen LogP contribution is -2.35. The molecule has 0 bridgehead atoms. The molecule has 9 nitrogen and oxygen atoms in total. The van der Waals surface area contributed by atoms with E-state index in [1.807, 2.05) is 12.1 Å². The Balaban J connectivity index is 1.32. The smallest absolute Gasteiger partial charge is 0.272 e. The van der Waals surface area contributed by atoms with Crippen LogP contribution in [0.3, 0.4) is 0 Å². The van der Waals surface area contributed by atoms with Gasteiger partial charge in [-0.15, -0.1) is 0 Å². The molecule has 0 atom stereocenters. The van der Waals surface area contributed by atoms with E-state index in [-0.39, 0.29) is 16.5 Å². The second-order valence-electron chi connectivity index (χ2n) is 8.65. The van der Waals surface area contributed by atoms with Crippen molar-refractivity contribution in [1.82, 2.24) is 8.87 Å². The third-order valence-electron chi connectivity index (χ3n) is 6.41. The quantitative estimate of drug-likeness (QED) is 0.601. The van der Waals surface area contributed by atoms with E-state index >= 15 is 0 Å². The number of nitrogens with one attached hydrogen (secondary N) is 1. The number of aryl methyl sites for hydroxylation is 1. The SMILES string of the molecule is Cn1cc(S(=O)(=O)N2CCCCC2)cc1C(=O)Nc1ccc2c(c1)CCN2C(=O)c1ccoc1. The third-order valence-corrected chi connectivity index (χ3v) is 8.28. The number of rotatable bonds is 5. The molecule has 1 fully saturated rings. The van der Waals surface area contributed by atoms with Gasteiger partial charge in [-0.05, 0) is 55.2 Å². The van der Waals surface area contributed by atoms with Crippen LogP contribution in [0.2, 0.25) is 0 Å². The van der Waals surface area contributed by atoms with Crippen LogP contribution in [0.25, 0.3) is 0 Å². The van der Waals surface area contributed by atoms with Crippen molar-refractivity contribution < 1.29 is 22.4 Å². The highest BCUT2D eigenvalue weighted by Crippen LogP contribution is 2.32. The van der Waals surface area contributed by atoms with Crippen molar-refractivity contribution in [3.05, 3.63) is 65.9 Å². The van der Waals surface area contributed by atoms with Crippen LogP contribution in [0.5, 0.6) is 0 Å². The van der Waals surface area contributed by atoms with E-state index in [4.69, 9.17) is 4.42 Å². The normalized spacial score (nSPS) is 16.4. The lowest BCUT2D eigenvalue weighted by Gasteiger charge is -2.25. The fraction of sp³-hybridized carbons (Fsp3) is 0.333. The van der Waals surface area contributed by atoms with Crippen molar-refractivity contribution in [2.75, 3.05) is 29.9 Å². The van der Waals surface area contributed by atoms with Crippen LogP contribution >= 0.6 is 0 Å². The maximum absolute atomic E-state index is 13.0. The van der Waals surface area contributed by atoms with Crippen molar-refractivity contribution in [3.63, 3.8) is 0 Å². The van der Waals surface area contributed by atoms with Crippen LogP contribution in [0.4, 0.5) is 11.4 Å². The number of amides is 2. The van der Waals surface area contributed by atoms with Crippen LogP contribution in [0.15, 0.2) is 58.4 Å². The van der Waals surface area contributed by atoms with Crippen molar-refractivity contribution in [1.29, 1.82) is 0 Å². The van der Waals surface area contributed by atoms with Gasteiger partial charge in [0.05, 0.1) is 11.8 Å².